The van der Waals surface area contributed by atoms with Gasteiger partial charge in [0.25, 0.3) is 10.0 Å². The standard InChI is InChI=1S/C22H27N3O5S/c1-14(2)30-18-10-9-16(13-19(18)29-4)15(3)24-21(26)11-12-23-22-17-7-5-6-8-20(17)31(27,28)25-22/h5-10,13-15H,11-12H2,1-4H3,(H,23,25)(H,24,26). The molecule has 2 aromatic carbocycles. The maximum atomic E-state index is 12.4. The maximum absolute atomic E-state index is 12.4. The number of amidine groups is 1. The Hall–Kier alpha value is -3.07. The predicted octanol–water partition coefficient (Wildman–Crippen LogP) is 2.79. The fourth-order valence-corrected chi connectivity index (χ4v) is 4.47. The SMILES string of the molecule is COc1cc(C(C)NC(=O)CCN=C2NS(=O)(=O)c3ccccc32)ccc1OC(C)C. The number of nitrogens with zero attached hydrogens (tertiary/aromatic N) is 1. The van der Waals surface area contributed by atoms with Gasteiger partial charge in [0.05, 0.1) is 30.7 Å². The summed E-state index contributed by atoms with van der Waals surface area (Å²) >= 11 is 0. The highest BCUT2D eigenvalue weighted by atomic mass is 32.2. The molecule has 0 aromatic heterocycles. The van der Waals surface area contributed by atoms with Gasteiger partial charge in [-0.2, -0.15) is 0 Å². The normalized spacial score (nSPS) is 16.5. The van der Waals surface area contributed by atoms with Crippen LogP contribution in [-0.4, -0.2) is 39.9 Å². The molecule has 0 fully saturated rings. The summed E-state index contributed by atoms with van der Waals surface area (Å²) in [6.45, 7) is 5.92. The number of ether oxygens (including phenoxy) is 2. The van der Waals surface area contributed by atoms with E-state index in [2.05, 4.69) is 15.0 Å². The van der Waals surface area contributed by atoms with E-state index >= 15 is 0 Å². The van der Waals surface area contributed by atoms with Gasteiger partial charge in [0, 0.05) is 12.0 Å². The highest BCUT2D eigenvalue weighted by Gasteiger charge is 2.30. The average Bonchev–Trinajstić information content (AvgIpc) is 2.98. The molecule has 1 amide bonds. The number of amides is 1. The fourth-order valence-electron chi connectivity index (χ4n) is 3.22. The van der Waals surface area contributed by atoms with Gasteiger partial charge in [0.1, 0.15) is 5.84 Å². The number of carbonyl (C=O) groups excluding carboxylic acids is 1. The number of carbonyl (C=O) groups is 1. The first-order valence-corrected chi connectivity index (χ1v) is 11.5. The summed E-state index contributed by atoms with van der Waals surface area (Å²) in [6.07, 6.45) is 0.151. The summed E-state index contributed by atoms with van der Waals surface area (Å²) < 4.78 is 37.8. The number of hydrogen-bond donors (Lipinski definition) is 2. The van der Waals surface area contributed by atoms with Gasteiger partial charge in [-0.1, -0.05) is 18.2 Å². The lowest BCUT2D eigenvalue weighted by molar-refractivity contribution is -0.121. The Morgan fingerprint density at radius 2 is 1.87 bits per heavy atom. The van der Waals surface area contributed by atoms with Crippen LogP contribution in [0.2, 0.25) is 0 Å². The van der Waals surface area contributed by atoms with Gasteiger partial charge in [0.15, 0.2) is 11.5 Å². The summed E-state index contributed by atoms with van der Waals surface area (Å²) in [6, 6.07) is 11.9. The molecule has 0 spiro atoms. The van der Waals surface area contributed by atoms with Gasteiger partial charge in [0.2, 0.25) is 5.91 Å². The van der Waals surface area contributed by atoms with Crippen LogP contribution in [0.4, 0.5) is 0 Å². The van der Waals surface area contributed by atoms with Crippen molar-refractivity contribution in [1.82, 2.24) is 10.0 Å². The van der Waals surface area contributed by atoms with Crippen LogP contribution in [0.3, 0.4) is 0 Å². The second-order valence-electron chi connectivity index (χ2n) is 7.45. The molecular formula is C22H27N3O5S. The van der Waals surface area contributed by atoms with Crippen molar-refractivity contribution in [2.75, 3.05) is 13.7 Å². The van der Waals surface area contributed by atoms with E-state index in [-0.39, 0.29) is 41.7 Å². The lowest BCUT2D eigenvalue weighted by atomic mass is 10.1. The molecule has 1 heterocycles. The van der Waals surface area contributed by atoms with Gasteiger partial charge >= 0.3 is 0 Å². The largest absolute Gasteiger partial charge is 0.493 e. The molecule has 166 valence electrons. The van der Waals surface area contributed by atoms with E-state index in [4.69, 9.17) is 9.47 Å². The molecule has 9 heteroatoms. The Balaban J connectivity index is 1.60. The Bertz CT molecular complexity index is 1100. The van der Waals surface area contributed by atoms with Crippen molar-refractivity contribution in [3.8, 4) is 11.5 Å². The molecule has 2 aromatic rings. The Morgan fingerprint density at radius 1 is 1.13 bits per heavy atom. The third kappa shape index (κ3) is 5.35. The summed E-state index contributed by atoms with van der Waals surface area (Å²) in [5, 5.41) is 2.93. The first-order valence-electron chi connectivity index (χ1n) is 10.0. The minimum atomic E-state index is -3.58. The molecule has 1 unspecified atom stereocenters. The second kappa shape index (κ2) is 9.38. The summed E-state index contributed by atoms with van der Waals surface area (Å²) in [5.74, 6) is 1.33. The first-order chi connectivity index (χ1) is 14.7. The number of rotatable bonds is 8. The predicted molar refractivity (Wildman–Crippen MR) is 118 cm³/mol. The molecule has 0 saturated heterocycles. The molecular weight excluding hydrogens is 418 g/mol. The van der Waals surface area contributed by atoms with Crippen molar-refractivity contribution in [2.45, 2.75) is 44.2 Å². The van der Waals surface area contributed by atoms with E-state index < -0.39 is 10.0 Å². The minimum Gasteiger partial charge on any atom is -0.493 e. The quantitative estimate of drug-likeness (QED) is 0.650. The van der Waals surface area contributed by atoms with Gasteiger partial charge in [-0.25, -0.2) is 8.42 Å². The van der Waals surface area contributed by atoms with Crippen molar-refractivity contribution >= 4 is 21.8 Å². The van der Waals surface area contributed by atoms with Crippen LogP contribution >= 0.6 is 0 Å². The summed E-state index contributed by atoms with van der Waals surface area (Å²) in [7, 11) is -2.01. The second-order valence-corrected chi connectivity index (χ2v) is 9.10. The van der Waals surface area contributed by atoms with E-state index in [0.717, 1.165) is 5.56 Å². The molecule has 0 saturated carbocycles. The zero-order valence-electron chi connectivity index (χ0n) is 18.0. The number of benzene rings is 2. The van der Waals surface area contributed by atoms with Crippen LogP contribution < -0.4 is 19.5 Å². The summed E-state index contributed by atoms with van der Waals surface area (Å²) in [4.78, 5) is 16.8. The van der Waals surface area contributed by atoms with Crippen molar-refractivity contribution < 1.29 is 22.7 Å². The number of sulfonamides is 1. The van der Waals surface area contributed by atoms with Gasteiger partial charge in [-0.05, 0) is 50.6 Å². The number of methoxy groups -OCH3 is 1. The number of fused-ring (bicyclic) bond motifs is 1. The van der Waals surface area contributed by atoms with E-state index in [9.17, 15) is 13.2 Å². The maximum Gasteiger partial charge on any atom is 0.263 e. The molecule has 1 atom stereocenters. The zero-order chi connectivity index (χ0) is 22.6. The van der Waals surface area contributed by atoms with E-state index in [0.29, 0.717) is 17.1 Å². The molecule has 3 rings (SSSR count). The van der Waals surface area contributed by atoms with E-state index in [1.807, 2.05) is 39.0 Å². The van der Waals surface area contributed by atoms with Crippen molar-refractivity contribution in [1.29, 1.82) is 0 Å². The van der Waals surface area contributed by atoms with Crippen LogP contribution in [-0.2, 0) is 14.8 Å². The van der Waals surface area contributed by atoms with Gasteiger partial charge in [-0.3, -0.25) is 14.5 Å². The molecule has 0 radical (unpaired) electrons. The van der Waals surface area contributed by atoms with Crippen molar-refractivity contribution in [2.24, 2.45) is 4.99 Å². The van der Waals surface area contributed by atoms with E-state index in [1.54, 1.807) is 25.3 Å². The van der Waals surface area contributed by atoms with Crippen molar-refractivity contribution in [3.05, 3.63) is 53.6 Å². The number of aliphatic imine (C=N–C) groups is 1. The first kappa shape index (κ1) is 22.6. The molecule has 0 bridgehead atoms. The lowest BCUT2D eigenvalue weighted by Crippen LogP contribution is -2.27. The topological polar surface area (TPSA) is 106 Å². The van der Waals surface area contributed by atoms with Gasteiger partial charge < -0.3 is 14.8 Å². The zero-order valence-corrected chi connectivity index (χ0v) is 18.8. The van der Waals surface area contributed by atoms with Crippen LogP contribution in [0.5, 0.6) is 11.5 Å². The molecule has 8 nitrogen and oxygen atoms in total. The Kier molecular flexibility index (Phi) is 6.84. The van der Waals surface area contributed by atoms with Crippen LogP contribution in [0, 0.1) is 0 Å². The Labute approximate surface area is 182 Å². The molecule has 1 aliphatic rings. The fraction of sp³-hybridized carbons (Fsp3) is 0.364. The average molecular weight is 446 g/mol. The van der Waals surface area contributed by atoms with Crippen LogP contribution in [0.1, 0.15) is 44.4 Å². The number of nitrogens with one attached hydrogen (secondary N) is 2. The summed E-state index contributed by atoms with van der Waals surface area (Å²) in [5.41, 5.74) is 1.40. The minimum absolute atomic E-state index is 0.0230. The number of hydrogen-bond acceptors (Lipinski definition) is 6. The molecule has 31 heavy (non-hydrogen) atoms. The highest BCUT2D eigenvalue weighted by molar-refractivity contribution is 7.90. The highest BCUT2D eigenvalue weighted by Crippen LogP contribution is 2.31. The van der Waals surface area contributed by atoms with Gasteiger partial charge in [-0.15, -0.1) is 0 Å². The van der Waals surface area contributed by atoms with Crippen LogP contribution in [0.25, 0.3) is 0 Å². The van der Waals surface area contributed by atoms with Crippen LogP contribution in [0.15, 0.2) is 52.4 Å². The third-order valence-electron chi connectivity index (χ3n) is 4.70. The smallest absolute Gasteiger partial charge is 0.263 e. The molecule has 2 N–H and O–H groups in total. The Morgan fingerprint density at radius 3 is 2.58 bits per heavy atom. The molecule has 1 aliphatic heterocycles. The lowest BCUT2D eigenvalue weighted by Gasteiger charge is -2.18. The monoisotopic (exact) mass is 445 g/mol. The third-order valence-corrected chi connectivity index (χ3v) is 6.10. The van der Waals surface area contributed by atoms with Crippen molar-refractivity contribution in [3.63, 3.8) is 0 Å². The molecule has 0 aliphatic carbocycles. The van der Waals surface area contributed by atoms with E-state index in [1.165, 1.54) is 6.07 Å².